The number of carboxylic acid groups (broad SMARTS) is 1. The quantitative estimate of drug-likeness (QED) is 0.914. The Morgan fingerprint density at radius 1 is 1.24 bits per heavy atom. The van der Waals surface area contributed by atoms with Gasteiger partial charge in [0.25, 0.3) is 0 Å². The topological polar surface area (TPSA) is 92.8 Å². The highest BCUT2D eigenvalue weighted by Crippen LogP contribution is 2.38. The summed E-state index contributed by atoms with van der Waals surface area (Å²) in [6, 6.07) is 7.23. The fourth-order valence-electron chi connectivity index (χ4n) is 4.09. The molecule has 1 aromatic carbocycles. The molecule has 1 unspecified atom stereocenters. The summed E-state index contributed by atoms with van der Waals surface area (Å²) in [6.45, 7) is 1.12. The first-order valence-corrected chi connectivity index (χ1v) is 8.63. The van der Waals surface area contributed by atoms with E-state index in [9.17, 15) is 14.4 Å². The van der Waals surface area contributed by atoms with E-state index in [0.29, 0.717) is 31.5 Å². The van der Waals surface area contributed by atoms with Crippen molar-refractivity contribution in [3.63, 3.8) is 0 Å². The standard InChI is InChI=1S/C18H20N2O5/c21-16(22)9-11-7-12(8-11)17(23)19-6-5-13(10-19)20-14-3-1-2-4-15(14)25-18(20)24/h1-4,11-13H,5-10H2,(H,21,22). The van der Waals surface area contributed by atoms with Crippen LogP contribution in [0.2, 0.25) is 0 Å². The van der Waals surface area contributed by atoms with Gasteiger partial charge in [-0.05, 0) is 37.3 Å². The third-order valence-corrected chi connectivity index (χ3v) is 5.41. The van der Waals surface area contributed by atoms with Gasteiger partial charge in [-0.2, -0.15) is 0 Å². The molecule has 1 amide bonds. The Bertz CT molecular complexity index is 877. The lowest BCUT2D eigenvalue weighted by Crippen LogP contribution is -2.41. The number of benzene rings is 1. The summed E-state index contributed by atoms with van der Waals surface area (Å²) >= 11 is 0. The average Bonchev–Trinajstić information content (AvgIpc) is 3.12. The van der Waals surface area contributed by atoms with E-state index in [1.54, 1.807) is 15.5 Å². The molecule has 1 aromatic heterocycles. The number of nitrogens with zero attached hydrogens (tertiary/aromatic N) is 2. The summed E-state index contributed by atoms with van der Waals surface area (Å²) in [6.07, 6.45) is 2.17. The number of aliphatic carboxylic acids is 1. The van der Waals surface area contributed by atoms with Gasteiger partial charge in [0.1, 0.15) is 0 Å². The van der Waals surface area contributed by atoms with Crippen LogP contribution in [0, 0.1) is 11.8 Å². The zero-order valence-corrected chi connectivity index (χ0v) is 13.8. The molecule has 1 aliphatic heterocycles. The maximum Gasteiger partial charge on any atom is 0.420 e. The molecule has 7 heteroatoms. The van der Waals surface area contributed by atoms with E-state index in [1.807, 2.05) is 18.2 Å². The predicted octanol–water partition coefficient (Wildman–Crippen LogP) is 1.87. The second kappa shape index (κ2) is 6.06. The highest BCUT2D eigenvalue weighted by Gasteiger charge is 2.40. The summed E-state index contributed by atoms with van der Waals surface area (Å²) in [5, 5.41) is 8.80. The number of aromatic nitrogens is 1. The Morgan fingerprint density at radius 3 is 2.76 bits per heavy atom. The number of fused-ring (bicyclic) bond motifs is 1. The highest BCUT2D eigenvalue weighted by atomic mass is 16.4. The third kappa shape index (κ3) is 2.83. The SMILES string of the molecule is O=C(O)CC1CC(C(=O)N2CCC(n3c(=O)oc4ccccc43)C2)C1. The molecule has 1 aliphatic carbocycles. The maximum atomic E-state index is 12.6. The van der Waals surface area contributed by atoms with Crippen molar-refractivity contribution in [2.45, 2.75) is 31.7 Å². The third-order valence-electron chi connectivity index (χ3n) is 5.41. The molecule has 132 valence electrons. The average molecular weight is 344 g/mol. The van der Waals surface area contributed by atoms with Crippen LogP contribution < -0.4 is 5.76 Å². The Labute approximate surface area is 143 Å². The number of rotatable bonds is 4. The molecule has 2 aliphatic rings. The zero-order chi connectivity index (χ0) is 17.6. The molecular weight excluding hydrogens is 324 g/mol. The van der Waals surface area contributed by atoms with Gasteiger partial charge >= 0.3 is 11.7 Å². The first-order chi connectivity index (χ1) is 12.0. The Kier molecular flexibility index (Phi) is 3.86. The Morgan fingerprint density at radius 2 is 2.00 bits per heavy atom. The number of amides is 1. The summed E-state index contributed by atoms with van der Waals surface area (Å²) < 4.78 is 6.94. The number of carbonyl (C=O) groups is 2. The monoisotopic (exact) mass is 344 g/mol. The number of hydrogen-bond donors (Lipinski definition) is 1. The summed E-state index contributed by atoms with van der Waals surface area (Å²) in [5.74, 6) is -1.05. The number of oxazole rings is 1. The molecular formula is C18H20N2O5. The van der Waals surface area contributed by atoms with E-state index in [-0.39, 0.29) is 36.0 Å². The Hall–Kier alpha value is -2.57. The fraction of sp³-hybridized carbons (Fsp3) is 0.500. The number of likely N-dealkylation sites (tertiary alicyclic amines) is 1. The van der Waals surface area contributed by atoms with E-state index in [1.165, 1.54) is 0 Å². The van der Waals surface area contributed by atoms with E-state index in [2.05, 4.69) is 0 Å². The van der Waals surface area contributed by atoms with Crippen molar-refractivity contribution in [1.29, 1.82) is 0 Å². The van der Waals surface area contributed by atoms with Crippen LogP contribution in [0.3, 0.4) is 0 Å². The van der Waals surface area contributed by atoms with Crippen LogP contribution in [0.1, 0.15) is 31.7 Å². The van der Waals surface area contributed by atoms with Crippen LogP contribution in [0.5, 0.6) is 0 Å². The number of para-hydroxylation sites is 2. The first kappa shape index (κ1) is 15.9. The highest BCUT2D eigenvalue weighted by molar-refractivity contribution is 5.80. The Balaban J connectivity index is 1.43. The zero-order valence-electron chi connectivity index (χ0n) is 13.8. The number of carbonyl (C=O) groups excluding carboxylic acids is 1. The van der Waals surface area contributed by atoms with Crippen molar-refractivity contribution < 1.29 is 19.1 Å². The van der Waals surface area contributed by atoms with Crippen molar-refractivity contribution in [2.75, 3.05) is 13.1 Å². The van der Waals surface area contributed by atoms with Crippen LogP contribution in [0.25, 0.3) is 11.1 Å². The van der Waals surface area contributed by atoms with Crippen molar-refractivity contribution in [3.8, 4) is 0 Å². The van der Waals surface area contributed by atoms with E-state index >= 15 is 0 Å². The van der Waals surface area contributed by atoms with Gasteiger partial charge in [-0.15, -0.1) is 0 Å². The number of hydrogen-bond acceptors (Lipinski definition) is 4. The smallest absolute Gasteiger partial charge is 0.420 e. The second-order valence-corrected chi connectivity index (χ2v) is 7.06. The van der Waals surface area contributed by atoms with Gasteiger partial charge in [0.15, 0.2) is 5.58 Å². The molecule has 4 rings (SSSR count). The van der Waals surface area contributed by atoms with Crippen molar-refractivity contribution >= 4 is 23.0 Å². The van der Waals surface area contributed by atoms with E-state index in [4.69, 9.17) is 9.52 Å². The molecule has 1 atom stereocenters. The fourth-order valence-corrected chi connectivity index (χ4v) is 4.09. The van der Waals surface area contributed by atoms with E-state index in [0.717, 1.165) is 11.9 Å². The molecule has 0 radical (unpaired) electrons. The predicted molar refractivity (Wildman–Crippen MR) is 89.2 cm³/mol. The summed E-state index contributed by atoms with van der Waals surface area (Å²) in [4.78, 5) is 37.3. The van der Waals surface area contributed by atoms with Gasteiger partial charge in [-0.25, -0.2) is 4.79 Å². The molecule has 1 N–H and O–H groups in total. The molecule has 2 fully saturated rings. The second-order valence-electron chi connectivity index (χ2n) is 7.06. The lowest BCUT2D eigenvalue weighted by molar-refractivity contribution is -0.144. The summed E-state index contributed by atoms with van der Waals surface area (Å²) in [5.41, 5.74) is 1.32. The minimum Gasteiger partial charge on any atom is -0.481 e. The normalized spacial score (nSPS) is 25.9. The molecule has 1 saturated heterocycles. The van der Waals surface area contributed by atoms with Crippen LogP contribution in [0.4, 0.5) is 0 Å². The van der Waals surface area contributed by atoms with Gasteiger partial charge in [-0.1, -0.05) is 12.1 Å². The van der Waals surface area contributed by atoms with Crippen LogP contribution in [0.15, 0.2) is 33.5 Å². The number of carboxylic acids is 1. The van der Waals surface area contributed by atoms with Gasteiger partial charge in [0.2, 0.25) is 5.91 Å². The van der Waals surface area contributed by atoms with Crippen molar-refractivity contribution in [2.24, 2.45) is 11.8 Å². The summed E-state index contributed by atoms with van der Waals surface area (Å²) in [7, 11) is 0. The molecule has 2 aromatic rings. The van der Waals surface area contributed by atoms with Crippen LogP contribution in [-0.4, -0.2) is 39.5 Å². The van der Waals surface area contributed by atoms with Gasteiger partial charge in [0.05, 0.1) is 11.6 Å². The van der Waals surface area contributed by atoms with Crippen molar-refractivity contribution in [1.82, 2.24) is 9.47 Å². The molecule has 7 nitrogen and oxygen atoms in total. The van der Waals surface area contributed by atoms with Gasteiger partial charge < -0.3 is 14.4 Å². The lowest BCUT2D eigenvalue weighted by Gasteiger charge is -2.35. The molecule has 2 heterocycles. The van der Waals surface area contributed by atoms with Crippen LogP contribution in [-0.2, 0) is 9.59 Å². The molecule has 25 heavy (non-hydrogen) atoms. The first-order valence-electron chi connectivity index (χ1n) is 8.63. The lowest BCUT2D eigenvalue weighted by atomic mass is 9.72. The van der Waals surface area contributed by atoms with Gasteiger partial charge in [0, 0.05) is 25.4 Å². The minimum atomic E-state index is -0.802. The molecule has 0 bridgehead atoms. The largest absolute Gasteiger partial charge is 0.481 e. The minimum absolute atomic E-state index is 0.0686. The van der Waals surface area contributed by atoms with Crippen LogP contribution >= 0.6 is 0 Å². The van der Waals surface area contributed by atoms with E-state index < -0.39 is 5.97 Å². The van der Waals surface area contributed by atoms with Crippen molar-refractivity contribution in [3.05, 3.63) is 34.8 Å². The van der Waals surface area contributed by atoms with Gasteiger partial charge in [-0.3, -0.25) is 14.2 Å². The molecule has 1 saturated carbocycles. The molecule has 0 spiro atoms. The maximum absolute atomic E-state index is 12.6.